The van der Waals surface area contributed by atoms with Gasteiger partial charge in [0.05, 0.1) is 15.5 Å². The molecule has 0 unspecified atom stereocenters. The fourth-order valence-electron chi connectivity index (χ4n) is 2.56. The minimum Gasteiger partial charge on any atom is -0.322 e. The molecule has 0 spiro atoms. The van der Waals surface area contributed by atoms with Gasteiger partial charge in [0, 0.05) is 25.0 Å². The van der Waals surface area contributed by atoms with Crippen LogP contribution in [0.2, 0.25) is 10.2 Å². The van der Waals surface area contributed by atoms with E-state index in [1.54, 1.807) is 26.8 Å². The molecule has 0 saturated heterocycles. The second kappa shape index (κ2) is 8.56. The van der Waals surface area contributed by atoms with Crippen molar-refractivity contribution in [2.24, 2.45) is 0 Å². The number of benzene rings is 1. The van der Waals surface area contributed by atoms with Crippen molar-refractivity contribution in [2.45, 2.75) is 32.6 Å². The number of hydrogen-bond donors (Lipinski definition) is 1. The van der Waals surface area contributed by atoms with Gasteiger partial charge in [-0.05, 0) is 43.2 Å². The average Bonchev–Trinajstić information content (AvgIpc) is 2.61. The van der Waals surface area contributed by atoms with Crippen LogP contribution in [0.15, 0.2) is 29.3 Å². The summed E-state index contributed by atoms with van der Waals surface area (Å²) in [5.74, 6) is -0.457. The number of halogens is 2. The van der Waals surface area contributed by atoms with Crippen LogP contribution in [0.25, 0.3) is 0 Å². The molecule has 0 radical (unpaired) electrons. The molecule has 1 amide bonds. The maximum Gasteiger partial charge on any atom is 0.257 e. The van der Waals surface area contributed by atoms with E-state index in [0.29, 0.717) is 18.8 Å². The highest BCUT2D eigenvalue weighted by Crippen LogP contribution is 2.27. The molecule has 0 saturated carbocycles. The van der Waals surface area contributed by atoms with Gasteiger partial charge in [0.15, 0.2) is 0 Å². The monoisotopic (exact) mass is 429 g/mol. The molecule has 1 aromatic carbocycles. The molecule has 9 heteroatoms. The van der Waals surface area contributed by atoms with Crippen molar-refractivity contribution in [3.8, 4) is 0 Å². The summed E-state index contributed by atoms with van der Waals surface area (Å²) >= 11 is 11.7. The number of aryl methyl sites for hydroxylation is 1. The summed E-state index contributed by atoms with van der Waals surface area (Å²) in [6.45, 7) is 7.90. The molecular formula is C18H21Cl2N3O3S. The predicted molar refractivity (Wildman–Crippen MR) is 108 cm³/mol. The van der Waals surface area contributed by atoms with Crippen LogP contribution in [0.5, 0.6) is 0 Å². The van der Waals surface area contributed by atoms with Gasteiger partial charge in [-0.15, -0.1) is 0 Å². The fraction of sp³-hybridized carbons (Fsp3) is 0.333. The first-order valence-corrected chi connectivity index (χ1v) is 10.5. The summed E-state index contributed by atoms with van der Waals surface area (Å²) in [6, 6.07) is 4.49. The molecule has 1 heterocycles. The number of nitrogens with zero attached hydrogens (tertiary/aromatic N) is 2. The van der Waals surface area contributed by atoms with Crippen LogP contribution >= 0.6 is 23.2 Å². The van der Waals surface area contributed by atoms with E-state index in [1.165, 1.54) is 22.6 Å². The first-order chi connectivity index (χ1) is 12.6. The zero-order valence-electron chi connectivity index (χ0n) is 15.5. The highest BCUT2D eigenvalue weighted by atomic mass is 35.5. The van der Waals surface area contributed by atoms with E-state index in [2.05, 4.69) is 10.3 Å². The number of amides is 1. The molecule has 0 fully saturated rings. The van der Waals surface area contributed by atoms with E-state index in [1.807, 2.05) is 6.92 Å². The van der Waals surface area contributed by atoms with Crippen LogP contribution in [0, 0.1) is 13.8 Å². The van der Waals surface area contributed by atoms with Gasteiger partial charge in [-0.3, -0.25) is 4.79 Å². The molecule has 2 aromatic rings. The van der Waals surface area contributed by atoms with E-state index in [9.17, 15) is 13.2 Å². The van der Waals surface area contributed by atoms with Crippen LogP contribution in [0.3, 0.4) is 0 Å². The van der Waals surface area contributed by atoms with Crippen LogP contribution in [0.1, 0.15) is 35.3 Å². The number of rotatable bonds is 6. The standard InChI is InChI=1S/C18H21Cl2N3O3S/c1-5-23(6-2)27(25,26)14-7-11(3)12(4)16(9-14)22-18(24)13-8-15(19)17(20)21-10-13/h7-10H,5-6H2,1-4H3,(H,22,24). The molecule has 0 bridgehead atoms. The highest BCUT2D eigenvalue weighted by Gasteiger charge is 2.23. The molecule has 0 aliphatic carbocycles. The Morgan fingerprint density at radius 1 is 1.15 bits per heavy atom. The van der Waals surface area contributed by atoms with Crippen LogP contribution in [-0.4, -0.2) is 36.7 Å². The molecule has 6 nitrogen and oxygen atoms in total. The van der Waals surface area contributed by atoms with Crippen molar-refractivity contribution in [3.05, 3.63) is 51.3 Å². The average molecular weight is 430 g/mol. The smallest absolute Gasteiger partial charge is 0.257 e. The summed E-state index contributed by atoms with van der Waals surface area (Å²) in [5, 5.41) is 3.00. The number of hydrogen-bond acceptors (Lipinski definition) is 4. The Balaban J connectivity index is 2.44. The Hall–Kier alpha value is -1.67. The number of anilines is 1. The van der Waals surface area contributed by atoms with Crippen LogP contribution < -0.4 is 5.32 Å². The molecule has 1 N–H and O–H groups in total. The van der Waals surface area contributed by atoms with Gasteiger partial charge in [0.1, 0.15) is 5.15 Å². The first kappa shape index (κ1) is 21.6. The van der Waals surface area contributed by atoms with Crippen molar-refractivity contribution >= 4 is 44.8 Å². The largest absolute Gasteiger partial charge is 0.322 e. The third-order valence-electron chi connectivity index (χ3n) is 4.29. The van der Waals surface area contributed by atoms with Gasteiger partial charge in [-0.25, -0.2) is 13.4 Å². The predicted octanol–water partition coefficient (Wildman–Crippen LogP) is 4.29. The SMILES string of the molecule is CCN(CC)S(=O)(=O)c1cc(C)c(C)c(NC(=O)c2cnc(Cl)c(Cl)c2)c1. The molecule has 0 aliphatic rings. The first-order valence-electron chi connectivity index (χ1n) is 8.35. The van der Waals surface area contributed by atoms with E-state index >= 15 is 0 Å². The Bertz CT molecular complexity index is 974. The molecule has 1 aromatic heterocycles. The van der Waals surface area contributed by atoms with Gasteiger partial charge in [0.2, 0.25) is 10.0 Å². The number of carbonyl (C=O) groups is 1. The lowest BCUT2D eigenvalue weighted by Crippen LogP contribution is -2.30. The fourth-order valence-corrected chi connectivity index (χ4v) is 4.40. The summed E-state index contributed by atoms with van der Waals surface area (Å²) in [7, 11) is -3.64. The van der Waals surface area contributed by atoms with Crippen molar-refractivity contribution in [2.75, 3.05) is 18.4 Å². The minimum absolute atomic E-state index is 0.104. The quantitative estimate of drug-likeness (QED) is 0.694. The normalized spacial score (nSPS) is 11.7. The molecule has 146 valence electrons. The lowest BCUT2D eigenvalue weighted by atomic mass is 10.1. The molecule has 27 heavy (non-hydrogen) atoms. The van der Waals surface area contributed by atoms with Crippen LogP contribution in [-0.2, 0) is 10.0 Å². The van der Waals surface area contributed by atoms with Gasteiger partial charge < -0.3 is 5.32 Å². The summed E-state index contributed by atoms with van der Waals surface area (Å²) in [6.07, 6.45) is 1.31. The van der Waals surface area contributed by atoms with Gasteiger partial charge >= 0.3 is 0 Å². The van der Waals surface area contributed by atoms with Gasteiger partial charge in [-0.2, -0.15) is 4.31 Å². The number of carbonyl (C=O) groups excluding carboxylic acids is 1. The Morgan fingerprint density at radius 3 is 2.33 bits per heavy atom. The van der Waals surface area contributed by atoms with E-state index < -0.39 is 15.9 Å². The van der Waals surface area contributed by atoms with Gasteiger partial charge in [0.25, 0.3) is 5.91 Å². The van der Waals surface area contributed by atoms with Gasteiger partial charge in [-0.1, -0.05) is 37.0 Å². The second-order valence-electron chi connectivity index (χ2n) is 5.95. The van der Waals surface area contributed by atoms with Crippen LogP contribution in [0.4, 0.5) is 5.69 Å². The maximum absolute atomic E-state index is 12.8. The second-order valence-corrected chi connectivity index (χ2v) is 8.66. The zero-order chi connectivity index (χ0) is 20.4. The third-order valence-corrected chi connectivity index (χ3v) is 7.00. The summed E-state index contributed by atoms with van der Waals surface area (Å²) in [4.78, 5) is 16.5. The number of pyridine rings is 1. The summed E-state index contributed by atoms with van der Waals surface area (Å²) < 4.78 is 27.0. The minimum atomic E-state index is -3.64. The van der Waals surface area contributed by atoms with E-state index in [4.69, 9.17) is 23.2 Å². The molecular weight excluding hydrogens is 409 g/mol. The topological polar surface area (TPSA) is 79.4 Å². The maximum atomic E-state index is 12.8. The summed E-state index contributed by atoms with van der Waals surface area (Å²) in [5.41, 5.74) is 2.16. The number of nitrogens with one attached hydrogen (secondary N) is 1. The lowest BCUT2D eigenvalue weighted by Gasteiger charge is -2.20. The highest BCUT2D eigenvalue weighted by molar-refractivity contribution is 7.89. The Morgan fingerprint density at radius 2 is 1.78 bits per heavy atom. The molecule has 0 aliphatic heterocycles. The Kier molecular flexibility index (Phi) is 6.86. The Labute approximate surface area is 169 Å². The number of sulfonamides is 1. The zero-order valence-corrected chi connectivity index (χ0v) is 17.8. The van der Waals surface area contributed by atoms with Crippen molar-refractivity contribution in [3.63, 3.8) is 0 Å². The van der Waals surface area contributed by atoms with Crippen molar-refractivity contribution in [1.29, 1.82) is 0 Å². The lowest BCUT2D eigenvalue weighted by molar-refractivity contribution is 0.102. The number of aromatic nitrogens is 1. The van der Waals surface area contributed by atoms with Crippen molar-refractivity contribution < 1.29 is 13.2 Å². The van der Waals surface area contributed by atoms with E-state index in [0.717, 1.165) is 11.1 Å². The third kappa shape index (κ3) is 4.60. The molecule has 0 atom stereocenters. The molecule has 2 rings (SSSR count). The van der Waals surface area contributed by atoms with E-state index in [-0.39, 0.29) is 20.6 Å². The van der Waals surface area contributed by atoms with Crippen molar-refractivity contribution in [1.82, 2.24) is 9.29 Å².